The molecular weight excluding hydrogens is 196 g/mol. The van der Waals surface area contributed by atoms with Crippen molar-refractivity contribution in [2.75, 3.05) is 19.0 Å². The van der Waals surface area contributed by atoms with E-state index in [0.717, 1.165) is 0 Å². The number of imidazole rings is 1. The van der Waals surface area contributed by atoms with E-state index >= 15 is 0 Å². The zero-order chi connectivity index (χ0) is 10.8. The van der Waals surface area contributed by atoms with Gasteiger partial charge >= 0.3 is 6.03 Å². The first kappa shape index (κ1) is 9.38. The Labute approximate surface area is 85.5 Å². The molecule has 0 aliphatic rings. The first-order valence-corrected chi connectivity index (χ1v) is 4.33. The number of aromatic nitrogens is 4. The Morgan fingerprint density at radius 1 is 1.47 bits per heavy atom. The molecule has 0 bridgehead atoms. The first-order chi connectivity index (χ1) is 7.24. The van der Waals surface area contributed by atoms with E-state index in [1.807, 2.05) is 0 Å². The molecule has 2 heterocycles. The van der Waals surface area contributed by atoms with Crippen molar-refractivity contribution in [2.45, 2.75) is 0 Å². The summed E-state index contributed by atoms with van der Waals surface area (Å²) in [6, 6.07) is -0.246. The fourth-order valence-corrected chi connectivity index (χ4v) is 1.27. The third-order valence-corrected chi connectivity index (χ3v) is 2.04. The molecule has 2 amide bonds. The van der Waals surface area contributed by atoms with E-state index < -0.39 is 0 Å². The molecule has 2 aromatic rings. The van der Waals surface area contributed by atoms with Gasteiger partial charge in [0.2, 0.25) is 0 Å². The van der Waals surface area contributed by atoms with Gasteiger partial charge in [0.25, 0.3) is 0 Å². The predicted molar refractivity (Wildman–Crippen MR) is 54.5 cm³/mol. The summed E-state index contributed by atoms with van der Waals surface area (Å²) in [6.07, 6.45) is 2.89. The van der Waals surface area contributed by atoms with E-state index in [4.69, 9.17) is 0 Å². The highest BCUT2D eigenvalue weighted by Crippen LogP contribution is 2.17. The number of urea groups is 1. The van der Waals surface area contributed by atoms with E-state index in [1.54, 1.807) is 14.1 Å². The lowest BCUT2D eigenvalue weighted by Crippen LogP contribution is -2.35. The average molecular weight is 206 g/mol. The van der Waals surface area contributed by atoms with Crippen LogP contribution in [0.25, 0.3) is 11.2 Å². The van der Waals surface area contributed by atoms with Crippen molar-refractivity contribution in [3.05, 3.63) is 12.7 Å². The van der Waals surface area contributed by atoms with E-state index in [-0.39, 0.29) is 6.03 Å². The van der Waals surface area contributed by atoms with Crippen molar-refractivity contribution in [2.24, 2.45) is 0 Å². The maximum Gasteiger partial charge on any atom is 0.322 e. The number of amides is 2. The molecular formula is C8H10N6O. The van der Waals surface area contributed by atoms with Gasteiger partial charge in [-0.1, -0.05) is 0 Å². The van der Waals surface area contributed by atoms with Crippen LogP contribution in [0.5, 0.6) is 0 Å². The molecule has 0 aliphatic heterocycles. The van der Waals surface area contributed by atoms with Crippen molar-refractivity contribution in [3.8, 4) is 0 Å². The van der Waals surface area contributed by atoms with Crippen LogP contribution in [0.15, 0.2) is 12.7 Å². The van der Waals surface area contributed by atoms with Gasteiger partial charge in [-0.2, -0.15) is 0 Å². The molecule has 15 heavy (non-hydrogen) atoms. The Hall–Kier alpha value is -2.18. The lowest BCUT2D eigenvalue weighted by atomic mass is 10.4. The summed E-state index contributed by atoms with van der Waals surface area (Å²) in [4.78, 5) is 27.6. The van der Waals surface area contributed by atoms with Gasteiger partial charge in [-0.05, 0) is 0 Å². The second-order valence-corrected chi connectivity index (χ2v) is 2.91. The van der Waals surface area contributed by atoms with E-state index in [1.165, 1.54) is 17.6 Å². The molecule has 2 aromatic heterocycles. The van der Waals surface area contributed by atoms with Gasteiger partial charge in [0, 0.05) is 14.1 Å². The minimum Gasteiger partial charge on any atom is -0.341 e. The molecule has 0 radical (unpaired) electrons. The quantitative estimate of drug-likeness (QED) is 0.694. The van der Waals surface area contributed by atoms with Crippen LogP contribution in [0.1, 0.15) is 0 Å². The van der Waals surface area contributed by atoms with Crippen LogP contribution in [0.4, 0.5) is 10.6 Å². The first-order valence-electron chi connectivity index (χ1n) is 4.33. The van der Waals surface area contributed by atoms with Crippen LogP contribution in [-0.4, -0.2) is 40.1 Å². The molecule has 78 valence electrons. The fraction of sp³-hybridized carbons (Fsp3) is 0.250. The second kappa shape index (κ2) is 3.52. The predicted octanol–water partition coefficient (Wildman–Crippen LogP) is 0.128. The van der Waals surface area contributed by atoms with Crippen LogP contribution >= 0.6 is 0 Å². The van der Waals surface area contributed by atoms with Crippen LogP contribution in [0.3, 0.4) is 0 Å². The molecule has 0 atom stereocenters. The lowest BCUT2D eigenvalue weighted by molar-refractivity contribution is 0.249. The summed E-state index contributed by atoms with van der Waals surface area (Å²) in [5.74, 6) is 0.497. The molecule has 2 N–H and O–H groups in total. The van der Waals surface area contributed by atoms with Crippen LogP contribution < -0.4 is 10.2 Å². The molecule has 0 unspecified atom stereocenters. The van der Waals surface area contributed by atoms with E-state index in [0.29, 0.717) is 17.0 Å². The van der Waals surface area contributed by atoms with Gasteiger partial charge in [0.05, 0.1) is 6.33 Å². The fourth-order valence-electron chi connectivity index (χ4n) is 1.27. The zero-order valence-corrected chi connectivity index (χ0v) is 8.35. The van der Waals surface area contributed by atoms with Gasteiger partial charge < -0.3 is 10.3 Å². The SMILES string of the molecule is CNC(=O)N(C)c1ncnc2nc[nH]c12. The number of anilines is 1. The van der Waals surface area contributed by atoms with Gasteiger partial charge in [0.1, 0.15) is 11.8 Å². The molecule has 0 aliphatic carbocycles. The summed E-state index contributed by atoms with van der Waals surface area (Å²) in [5.41, 5.74) is 1.18. The largest absolute Gasteiger partial charge is 0.341 e. The highest BCUT2D eigenvalue weighted by atomic mass is 16.2. The topological polar surface area (TPSA) is 86.8 Å². The average Bonchev–Trinajstić information content (AvgIpc) is 2.74. The molecule has 0 fully saturated rings. The van der Waals surface area contributed by atoms with Gasteiger partial charge in [-0.25, -0.2) is 19.7 Å². The monoisotopic (exact) mass is 206 g/mol. The standard InChI is InChI=1S/C8H10N6O/c1-9-8(15)14(2)7-5-6(11-3-10-5)12-4-13-7/h3-4H,1-2H3,(H,9,15)(H,10,11,12,13). The van der Waals surface area contributed by atoms with Gasteiger partial charge in [0.15, 0.2) is 11.5 Å². The highest BCUT2D eigenvalue weighted by molar-refractivity contribution is 5.97. The number of fused-ring (bicyclic) bond motifs is 1. The summed E-state index contributed by atoms with van der Waals surface area (Å²) >= 11 is 0. The Morgan fingerprint density at radius 2 is 2.27 bits per heavy atom. The van der Waals surface area contributed by atoms with Crippen LogP contribution in [0, 0.1) is 0 Å². The number of nitrogens with one attached hydrogen (secondary N) is 2. The summed E-state index contributed by atoms with van der Waals surface area (Å²) in [5, 5.41) is 2.51. The summed E-state index contributed by atoms with van der Waals surface area (Å²) < 4.78 is 0. The summed E-state index contributed by atoms with van der Waals surface area (Å²) in [7, 11) is 3.19. The number of carbonyl (C=O) groups is 1. The number of aromatic amines is 1. The Morgan fingerprint density at radius 3 is 3.00 bits per heavy atom. The third kappa shape index (κ3) is 1.47. The molecule has 2 rings (SSSR count). The highest BCUT2D eigenvalue weighted by Gasteiger charge is 2.14. The minimum absolute atomic E-state index is 0.246. The van der Waals surface area contributed by atoms with Crippen molar-refractivity contribution in [1.82, 2.24) is 25.3 Å². The van der Waals surface area contributed by atoms with Gasteiger partial charge in [-0.15, -0.1) is 0 Å². The normalized spacial score (nSPS) is 10.3. The number of H-pyrrole nitrogens is 1. The number of hydrogen-bond acceptors (Lipinski definition) is 4. The van der Waals surface area contributed by atoms with E-state index in [9.17, 15) is 4.79 Å². The van der Waals surface area contributed by atoms with Crippen LogP contribution in [-0.2, 0) is 0 Å². The number of rotatable bonds is 1. The van der Waals surface area contributed by atoms with Crippen molar-refractivity contribution in [1.29, 1.82) is 0 Å². The lowest BCUT2D eigenvalue weighted by Gasteiger charge is -2.15. The zero-order valence-electron chi connectivity index (χ0n) is 8.35. The maximum absolute atomic E-state index is 11.4. The molecule has 0 aromatic carbocycles. The molecule has 0 spiro atoms. The third-order valence-electron chi connectivity index (χ3n) is 2.04. The Balaban J connectivity index is 2.51. The van der Waals surface area contributed by atoms with Crippen molar-refractivity contribution < 1.29 is 4.79 Å². The number of nitrogens with zero attached hydrogens (tertiary/aromatic N) is 4. The van der Waals surface area contributed by atoms with Crippen molar-refractivity contribution in [3.63, 3.8) is 0 Å². The number of hydrogen-bond donors (Lipinski definition) is 2. The summed E-state index contributed by atoms with van der Waals surface area (Å²) in [6.45, 7) is 0. The Bertz CT molecular complexity index is 493. The van der Waals surface area contributed by atoms with Crippen molar-refractivity contribution >= 4 is 23.0 Å². The second-order valence-electron chi connectivity index (χ2n) is 2.91. The number of carbonyl (C=O) groups excluding carboxylic acids is 1. The van der Waals surface area contributed by atoms with Crippen LogP contribution in [0.2, 0.25) is 0 Å². The smallest absolute Gasteiger partial charge is 0.322 e. The van der Waals surface area contributed by atoms with E-state index in [2.05, 4.69) is 25.3 Å². The maximum atomic E-state index is 11.4. The molecule has 7 heteroatoms. The molecule has 0 saturated heterocycles. The Kier molecular flexibility index (Phi) is 2.20. The van der Waals surface area contributed by atoms with Gasteiger partial charge in [-0.3, -0.25) is 4.90 Å². The molecule has 7 nitrogen and oxygen atoms in total. The molecule has 0 saturated carbocycles. The minimum atomic E-state index is -0.246.